The number of carboxylic acid groups (broad SMARTS) is 1. The van der Waals surface area contributed by atoms with E-state index < -0.39 is 65.9 Å². The molecule has 1 aliphatic heterocycles. The molecule has 3 fully saturated rings. The van der Waals surface area contributed by atoms with Crippen molar-refractivity contribution in [2.75, 3.05) is 6.61 Å². The first-order valence-electron chi connectivity index (χ1n) is 14.7. The smallest absolute Gasteiger partial charge is 0.479 e. The summed E-state index contributed by atoms with van der Waals surface area (Å²) in [6.07, 6.45) is 2.31. The number of carbonyl (C=O) groups is 3. The third kappa shape index (κ3) is 4.68. The highest BCUT2D eigenvalue weighted by molar-refractivity contribution is 6.61. The zero-order valence-electron chi connectivity index (χ0n) is 24.8. The highest BCUT2D eigenvalue weighted by atomic mass is 19.1. The average Bonchev–Trinajstić information content (AvgIpc) is 3.49. The number of aliphatic hydroxyl groups is 1. The van der Waals surface area contributed by atoms with Crippen LogP contribution in [0.5, 0.6) is 5.75 Å². The summed E-state index contributed by atoms with van der Waals surface area (Å²) in [5, 5.41) is 31.5. The number of esters is 1. The lowest BCUT2D eigenvalue weighted by Gasteiger charge is -2.61. The highest BCUT2D eigenvalue weighted by Crippen LogP contribution is 2.68. The minimum Gasteiger partial charge on any atom is -0.479 e. The van der Waals surface area contributed by atoms with Crippen molar-refractivity contribution in [2.24, 2.45) is 34.0 Å². The molecule has 1 aromatic rings. The summed E-state index contributed by atoms with van der Waals surface area (Å²) < 4.78 is 31.7. The summed E-state index contributed by atoms with van der Waals surface area (Å²) in [5.74, 6) is -3.60. The van der Waals surface area contributed by atoms with E-state index in [9.17, 15) is 29.6 Å². The first kappa shape index (κ1) is 30.7. The Morgan fingerprint density at radius 2 is 1.95 bits per heavy atom. The summed E-state index contributed by atoms with van der Waals surface area (Å²) >= 11 is 0. The quantitative estimate of drug-likeness (QED) is 0.261. The van der Waals surface area contributed by atoms with Gasteiger partial charge in [0.05, 0.1) is 12.7 Å². The third-order valence-corrected chi connectivity index (χ3v) is 11.2. The fourth-order valence-electron chi connectivity index (χ4n) is 8.70. The first-order valence-corrected chi connectivity index (χ1v) is 14.7. The first-order chi connectivity index (χ1) is 19.7. The van der Waals surface area contributed by atoms with E-state index in [0.29, 0.717) is 18.4 Å². The Bertz CT molecular complexity index is 1330. The zero-order chi connectivity index (χ0) is 30.8. The van der Waals surface area contributed by atoms with Crippen LogP contribution in [0.25, 0.3) is 0 Å². The van der Waals surface area contributed by atoms with Crippen molar-refractivity contribution in [2.45, 2.75) is 85.5 Å². The van der Waals surface area contributed by atoms with Crippen LogP contribution < -0.4 is 10.2 Å². The number of fused-ring (bicyclic) bond motifs is 1. The van der Waals surface area contributed by atoms with E-state index in [1.165, 1.54) is 13.0 Å². The monoisotopic (exact) mass is 586 g/mol. The van der Waals surface area contributed by atoms with Crippen molar-refractivity contribution < 1.29 is 48.1 Å². The van der Waals surface area contributed by atoms with Gasteiger partial charge in [-0.2, -0.15) is 0 Å². The molecule has 9 nitrogen and oxygen atoms in total. The van der Waals surface area contributed by atoms with Crippen molar-refractivity contribution in [1.29, 1.82) is 0 Å². The maximum absolute atomic E-state index is 15.0. The average molecular weight is 586 g/mol. The number of benzene rings is 1. The number of ketones is 1. The van der Waals surface area contributed by atoms with Crippen LogP contribution in [0.2, 0.25) is 0 Å². The molecule has 0 saturated heterocycles. The molecule has 42 heavy (non-hydrogen) atoms. The number of carbonyl (C=O) groups excluding carboxylic acids is 2. The van der Waals surface area contributed by atoms with Crippen LogP contribution in [-0.2, 0) is 30.4 Å². The number of hydrogen-bond donors (Lipinski definition) is 3. The van der Waals surface area contributed by atoms with Crippen molar-refractivity contribution in [3.05, 3.63) is 35.2 Å². The van der Waals surface area contributed by atoms with Gasteiger partial charge in [-0.05, 0) is 61.5 Å². The molecule has 3 aliphatic carbocycles. The molecule has 4 aliphatic rings. The topological polar surface area (TPSA) is 140 Å². The maximum Gasteiger partial charge on any atom is 0.494 e. The summed E-state index contributed by atoms with van der Waals surface area (Å²) in [7, 11) is -1.42. The molecule has 0 amide bonds. The molecule has 2 bridgehead atoms. The molecule has 11 heteroatoms. The predicted octanol–water partition coefficient (Wildman–Crippen LogP) is 3.17. The minimum atomic E-state index is -1.42. The Balaban J connectivity index is 1.50. The lowest BCUT2D eigenvalue weighted by atomic mass is 9.44. The Morgan fingerprint density at radius 3 is 2.64 bits per heavy atom. The van der Waals surface area contributed by atoms with Gasteiger partial charge in [-0.1, -0.05) is 39.8 Å². The number of hydrogen-bond acceptors (Lipinski definition) is 8. The molecule has 3 N–H and O–H groups in total. The van der Waals surface area contributed by atoms with Crippen LogP contribution in [0.3, 0.4) is 0 Å². The standard InChI is InChI=1S/C31H40BFO9/c1-16(28(37)38)12-29(4)13-22(42-23(35)15-40-21-7-6-19-14-41-32(39)24(19)25(21)33)30(5)17(2)8-10-31(18(3)27(29)36)11-9-20(34)26(30)31/h6-7,12,17-18,22,26-27,36,39H,8-11,13-15H2,1-5H3,(H,37,38)/b16-12+/t17-,18+,22-,26+,27+,29-,30+,31+/m1/s1. The lowest BCUT2D eigenvalue weighted by Crippen LogP contribution is -2.63. The van der Waals surface area contributed by atoms with E-state index in [1.807, 2.05) is 13.8 Å². The van der Waals surface area contributed by atoms with E-state index in [4.69, 9.17) is 14.1 Å². The van der Waals surface area contributed by atoms with Gasteiger partial charge in [0.15, 0.2) is 18.2 Å². The Hall–Kier alpha value is -2.76. The van der Waals surface area contributed by atoms with Gasteiger partial charge < -0.3 is 29.4 Å². The van der Waals surface area contributed by atoms with Gasteiger partial charge in [-0.3, -0.25) is 4.79 Å². The van der Waals surface area contributed by atoms with E-state index in [2.05, 4.69) is 6.92 Å². The predicted molar refractivity (Wildman–Crippen MR) is 150 cm³/mol. The van der Waals surface area contributed by atoms with E-state index in [-0.39, 0.29) is 47.4 Å². The van der Waals surface area contributed by atoms with Gasteiger partial charge in [0.2, 0.25) is 0 Å². The van der Waals surface area contributed by atoms with Crippen molar-refractivity contribution in [3.63, 3.8) is 0 Å². The molecular weight excluding hydrogens is 546 g/mol. The number of aliphatic hydroxyl groups excluding tert-OH is 1. The molecule has 1 aromatic carbocycles. The molecule has 228 valence electrons. The highest BCUT2D eigenvalue weighted by Gasteiger charge is 2.68. The number of Topliss-reactive ketones (excluding diaryl/α,β-unsaturated/α-hetero) is 1. The maximum atomic E-state index is 15.0. The van der Waals surface area contributed by atoms with Crippen molar-refractivity contribution in [3.8, 4) is 5.75 Å². The molecule has 0 spiro atoms. The summed E-state index contributed by atoms with van der Waals surface area (Å²) in [6.45, 7) is 8.69. The molecule has 3 saturated carbocycles. The fraction of sp³-hybridized carbons (Fsp3) is 0.645. The number of carboxylic acids is 1. The summed E-state index contributed by atoms with van der Waals surface area (Å²) in [5.41, 5.74) is -1.86. The van der Waals surface area contributed by atoms with Crippen LogP contribution in [-0.4, -0.2) is 58.9 Å². The van der Waals surface area contributed by atoms with Gasteiger partial charge in [0, 0.05) is 34.2 Å². The molecule has 1 heterocycles. The Kier molecular flexibility index (Phi) is 7.86. The van der Waals surface area contributed by atoms with Crippen molar-refractivity contribution in [1.82, 2.24) is 0 Å². The van der Waals surface area contributed by atoms with Crippen LogP contribution in [0, 0.1) is 39.8 Å². The largest absolute Gasteiger partial charge is 0.494 e. The molecule has 0 aromatic heterocycles. The molecule has 0 unspecified atom stereocenters. The van der Waals surface area contributed by atoms with Gasteiger partial charge in [0.25, 0.3) is 0 Å². The molecular formula is C31H40BFO9. The van der Waals surface area contributed by atoms with Crippen LogP contribution in [0.4, 0.5) is 4.39 Å². The molecule has 0 radical (unpaired) electrons. The summed E-state index contributed by atoms with van der Waals surface area (Å²) in [6, 6.07) is 2.92. The Labute approximate surface area is 245 Å². The number of halogens is 1. The second-order valence-electron chi connectivity index (χ2n) is 13.4. The zero-order valence-corrected chi connectivity index (χ0v) is 24.8. The van der Waals surface area contributed by atoms with Crippen LogP contribution in [0.1, 0.15) is 72.3 Å². The van der Waals surface area contributed by atoms with Crippen molar-refractivity contribution >= 4 is 30.3 Å². The third-order valence-electron chi connectivity index (χ3n) is 11.2. The number of rotatable bonds is 6. The number of ether oxygens (including phenoxy) is 2. The van der Waals surface area contributed by atoms with E-state index >= 15 is 4.39 Å². The van der Waals surface area contributed by atoms with Gasteiger partial charge in [0.1, 0.15) is 11.9 Å². The lowest BCUT2D eigenvalue weighted by molar-refractivity contribution is -0.207. The van der Waals surface area contributed by atoms with Crippen LogP contribution in [0.15, 0.2) is 23.8 Å². The normalized spacial score (nSPS) is 37.9. The Morgan fingerprint density at radius 1 is 1.24 bits per heavy atom. The molecule has 5 rings (SSSR count). The second kappa shape index (κ2) is 10.8. The fourth-order valence-corrected chi connectivity index (χ4v) is 8.70. The second-order valence-corrected chi connectivity index (χ2v) is 13.4. The van der Waals surface area contributed by atoms with E-state index in [1.54, 1.807) is 19.1 Å². The van der Waals surface area contributed by atoms with Gasteiger partial charge in [-0.25, -0.2) is 14.0 Å². The van der Waals surface area contributed by atoms with Gasteiger partial charge >= 0.3 is 19.1 Å². The molecule has 8 atom stereocenters. The number of aliphatic carboxylic acids is 1. The summed E-state index contributed by atoms with van der Waals surface area (Å²) in [4.78, 5) is 38.8. The van der Waals surface area contributed by atoms with E-state index in [0.717, 1.165) is 12.8 Å². The minimum absolute atomic E-state index is 0.0109. The SMILES string of the molecule is C/C(=C\[C@]1(C)C[C@@H](OC(=O)COc2ccc3c(c2F)B(O)OC3)[C@]2(C)[C@H](C)CC[C@]3(CCC(=O)[C@H]32)[C@@H](C)[C@@H]1O)C(=O)O. The van der Waals surface area contributed by atoms with Gasteiger partial charge in [-0.15, -0.1) is 0 Å². The van der Waals surface area contributed by atoms with Crippen LogP contribution >= 0.6 is 0 Å².